The zero-order valence-electron chi connectivity index (χ0n) is 11.9. The number of carbonyl (C=O) groups is 2. The van der Waals surface area contributed by atoms with Crippen LogP contribution in [0.15, 0.2) is 0 Å². The van der Waals surface area contributed by atoms with Crippen LogP contribution in [-0.4, -0.2) is 43.4 Å². The van der Waals surface area contributed by atoms with Gasteiger partial charge < -0.3 is 14.8 Å². The average Bonchev–Trinajstić information content (AvgIpc) is 2.29. The van der Waals surface area contributed by atoms with E-state index in [1.165, 1.54) is 7.11 Å². The SMILES string of the molecule is COC(=O)CC1CCNC(C(=O)OC(C)(C)C)C1F. The number of halogens is 1. The van der Waals surface area contributed by atoms with Crippen LogP contribution in [-0.2, 0) is 19.1 Å². The van der Waals surface area contributed by atoms with Gasteiger partial charge in [0.15, 0.2) is 0 Å². The molecule has 3 atom stereocenters. The zero-order valence-corrected chi connectivity index (χ0v) is 11.9. The highest BCUT2D eigenvalue weighted by atomic mass is 19.1. The van der Waals surface area contributed by atoms with Crippen LogP contribution in [0.3, 0.4) is 0 Å². The van der Waals surface area contributed by atoms with Crippen molar-refractivity contribution in [3.63, 3.8) is 0 Å². The minimum atomic E-state index is -1.44. The topological polar surface area (TPSA) is 64.6 Å². The molecule has 0 spiro atoms. The summed E-state index contributed by atoms with van der Waals surface area (Å²) < 4.78 is 24.0. The first-order valence-electron chi connectivity index (χ1n) is 6.41. The van der Waals surface area contributed by atoms with Crippen molar-refractivity contribution in [1.29, 1.82) is 0 Å². The molecule has 1 rings (SSSR count). The van der Waals surface area contributed by atoms with Crippen molar-refractivity contribution < 1.29 is 23.5 Å². The number of esters is 2. The van der Waals surface area contributed by atoms with Crippen LogP contribution in [0.2, 0.25) is 0 Å². The van der Waals surface area contributed by atoms with Gasteiger partial charge in [-0.1, -0.05) is 0 Å². The molecular weight excluding hydrogens is 253 g/mol. The highest BCUT2D eigenvalue weighted by molar-refractivity contribution is 5.77. The van der Waals surface area contributed by atoms with Gasteiger partial charge in [-0.25, -0.2) is 4.39 Å². The van der Waals surface area contributed by atoms with Gasteiger partial charge in [0.2, 0.25) is 0 Å². The van der Waals surface area contributed by atoms with Gasteiger partial charge in [-0.15, -0.1) is 0 Å². The van der Waals surface area contributed by atoms with Crippen molar-refractivity contribution in [2.24, 2.45) is 5.92 Å². The van der Waals surface area contributed by atoms with Crippen LogP contribution in [0.1, 0.15) is 33.6 Å². The molecule has 19 heavy (non-hydrogen) atoms. The number of methoxy groups -OCH3 is 1. The molecule has 1 heterocycles. The third-order valence-electron chi connectivity index (χ3n) is 2.97. The Bertz CT molecular complexity index is 340. The third-order valence-corrected chi connectivity index (χ3v) is 2.97. The summed E-state index contributed by atoms with van der Waals surface area (Å²) in [4.78, 5) is 23.1. The van der Waals surface area contributed by atoms with E-state index in [1.807, 2.05) is 0 Å². The lowest BCUT2D eigenvalue weighted by molar-refractivity contribution is -0.162. The predicted octanol–water partition coefficient (Wildman–Crippen LogP) is 1.21. The van der Waals surface area contributed by atoms with Crippen molar-refractivity contribution >= 4 is 11.9 Å². The minimum absolute atomic E-state index is 0.0152. The van der Waals surface area contributed by atoms with E-state index >= 15 is 0 Å². The highest BCUT2D eigenvalue weighted by Crippen LogP contribution is 2.25. The van der Waals surface area contributed by atoms with Gasteiger partial charge in [-0.05, 0) is 33.7 Å². The Hall–Kier alpha value is -1.17. The van der Waals surface area contributed by atoms with E-state index in [-0.39, 0.29) is 6.42 Å². The van der Waals surface area contributed by atoms with E-state index in [0.29, 0.717) is 13.0 Å². The number of carbonyl (C=O) groups excluding carboxylic acids is 2. The number of alkyl halides is 1. The van der Waals surface area contributed by atoms with Gasteiger partial charge in [0, 0.05) is 5.92 Å². The van der Waals surface area contributed by atoms with E-state index in [0.717, 1.165) is 0 Å². The van der Waals surface area contributed by atoms with Crippen LogP contribution >= 0.6 is 0 Å². The molecule has 1 fully saturated rings. The van der Waals surface area contributed by atoms with Crippen LogP contribution in [0.5, 0.6) is 0 Å². The summed E-state index contributed by atoms with van der Waals surface area (Å²) in [5, 5.41) is 2.81. The lowest BCUT2D eigenvalue weighted by Gasteiger charge is -2.33. The van der Waals surface area contributed by atoms with Gasteiger partial charge in [0.05, 0.1) is 13.5 Å². The van der Waals surface area contributed by atoms with Crippen LogP contribution in [0.25, 0.3) is 0 Å². The Morgan fingerprint density at radius 1 is 1.37 bits per heavy atom. The molecule has 0 saturated carbocycles. The molecule has 1 saturated heterocycles. The Balaban J connectivity index is 2.64. The largest absolute Gasteiger partial charge is 0.469 e. The Morgan fingerprint density at radius 2 is 2.00 bits per heavy atom. The fourth-order valence-electron chi connectivity index (χ4n) is 2.06. The van der Waals surface area contributed by atoms with Gasteiger partial charge in [-0.2, -0.15) is 0 Å². The fourth-order valence-corrected chi connectivity index (χ4v) is 2.06. The number of nitrogens with one attached hydrogen (secondary N) is 1. The third kappa shape index (κ3) is 4.78. The number of piperidine rings is 1. The van der Waals surface area contributed by atoms with Crippen molar-refractivity contribution in [2.45, 2.75) is 51.4 Å². The molecule has 0 amide bonds. The molecule has 1 aliphatic rings. The van der Waals surface area contributed by atoms with E-state index < -0.39 is 35.7 Å². The average molecular weight is 275 g/mol. The summed E-state index contributed by atoms with van der Waals surface area (Å²) in [6.45, 7) is 5.67. The van der Waals surface area contributed by atoms with Crippen LogP contribution in [0, 0.1) is 5.92 Å². The van der Waals surface area contributed by atoms with E-state index in [1.54, 1.807) is 20.8 Å². The van der Waals surface area contributed by atoms with Crippen molar-refractivity contribution in [2.75, 3.05) is 13.7 Å². The van der Waals surface area contributed by atoms with Crippen molar-refractivity contribution in [3.8, 4) is 0 Å². The summed E-state index contributed by atoms with van der Waals surface area (Å²) in [6.07, 6.45) is -0.962. The number of ether oxygens (including phenoxy) is 2. The molecule has 0 radical (unpaired) electrons. The summed E-state index contributed by atoms with van der Waals surface area (Å²) in [7, 11) is 1.27. The van der Waals surface area contributed by atoms with Crippen LogP contribution < -0.4 is 5.32 Å². The maximum absolute atomic E-state index is 14.3. The second-order valence-electron chi connectivity index (χ2n) is 5.74. The lowest BCUT2D eigenvalue weighted by Crippen LogP contribution is -2.54. The highest BCUT2D eigenvalue weighted by Gasteiger charge is 2.40. The molecular formula is C13H22FNO4. The van der Waals surface area contributed by atoms with E-state index in [9.17, 15) is 14.0 Å². The summed E-state index contributed by atoms with van der Waals surface area (Å²) in [6, 6.07) is -1.01. The van der Waals surface area contributed by atoms with E-state index in [4.69, 9.17) is 4.74 Å². The summed E-state index contributed by atoms with van der Waals surface area (Å²) >= 11 is 0. The van der Waals surface area contributed by atoms with E-state index in [2.05, 4.69) is 10.1 Å². The molecule has 3 unspecified atom stereocenters. The standard InChI is InChI=1S/C13H22FNO4/c1-13(2,3)19-12(17)11-10(14)8(5-6-15-11)7-9(16)18-4/h8,10-11,15H,5-7H2,1-4H3. The minimum Gasteiger partial charge on any atom is -0.469 e. The summed E-state index contributed by atoms with van der Waals surface area (Å²) in [5.74, 6) is -1.58. The van der Waals surface area contributed by atoms with Gasteiger partial charge in [0.1, 0.15) is 17.8 Å². The Morgan fingerprint density at radius 3 is 2.53 bits per heavy atom. The lowest BCUT2D eigenvalue weighted by atomic mass is 9.87. The maximum atomic E-state index is 14.3. The maximum Gasteiger partial charge on any atom is 0.326 e. The molecule has 0 aromatic carbocycles. The van der Waals surface area contributed by atoms with Gasteiger partial charge >= 0.3 is 11.9 Å². The number of rotatable bonds is 3. The quantitative estimate of drug-likeness (QED) is 0.784. The first-order valence-corrected chi connectivity index (χ1v) is 6.41. The molecule has 6 heteroatoms. The normalized spacial score (nSPS) is 27.7. The fraction of sp³-hybridized carbons (Fsp3) is 0.846. The van der Waals surface area contributed by atoms with Gasteiger partial charge in [0.25, 0.3) is 0 Å². The second kappa shape index (κ2) is 6.32. The number of hydrogen-bond donors (Lipinski definition) is 1. The molecule has 0 aliphatic carbocycles. The smallest absolute Gasteiger partial charge is 0.326 e. The van der Waals surface area contributed by atoms with Gasteiger partial charge in [-0.3, -0.25) is 9.59 Å². The van der Waals surface area contributed by atoms with Crippen molar-refractivity contribution in [1.82, 2.24) is 5.32 Å². The molecule has 5 nitrogen and oxygen atoms in total. The molecule has 1 aliphatic heterocycles. The number of hydrogen-bond acceptors (Lipinski definition) is 5. The Labute approximate surface area is 112 Å². The molecule has 1 N–H and O–H groups in total. The second-order valence-corrected chi connectivity index (χ2v) is 5.74. The summed E-state index contributed by atoms with van der Waals surface area (Å²) in [5.41, 5.74) is -0.659. The molecule has 0 aromatic rings. The monoisotopic (exact) mass is 275 g/mol. The molecule has 0 aromatic heterocycles. The predicted molar refractivity (Wildman–Crippen MR) is 67.3 cm³/mol. The first-order chi connectivity index (χ1) is 8.74. The zero-order chi connectivity index (χ0) is 14.6. The molecule has 110 valence electrons. The Kier molecular flexibility index (Phi) is 5.29. The van der Waals surface area contributed by atoms with Crippen LogP contribution in [0.4, 0.5) is 4.39 Å². The van der Waals surface area contributed by atoms with Crippen molar-refractivity contribution in [3.05, 3.63) is 0 Å². The first kappa shape index (κ1) is 15.9. The molecule has 0 bridgehead atoms.